The lowest BCUT2D eigenvalue weighted by Gasteiger charge is -2.48. The molecule has 0 atom stereocenters. The minimum atomic E-state index is 0.0244. The summed E-state index contributed by atoms with van der Waals surface area (Å²) >= 11 is 0. The molecule has 1 aliphatic rings. The maximum atomic E-state index is 10.6. The minimum Gasteiger partial charge on any atom is -0.507 e. The van der Waals surface area contributed by atoms with Crippen molar-refractivity contribution in [2.45, 2.75) is 57.7 Å². The number of phenols is 1. The van der Waals surface area contributed by atoms with Crippen LogP contribution in [0.25, 0.3) is 22.4 Å². The van der Waals surface area contributed by atoms with E-state index in [-0.39, 0.29) is 16.8 Å². The Labute approximate surface area is 188 Å². The van der Waals surface area contributed by atoms with Crippen LogP contribution in [-0.4, -0.2) is 54.7 Å². The summed E-state index contributed by atoms with van der Waals surface area (Å²) in [4.78, 5) is 6.65. The Hall–Kier alpha value is -3.33. The summed E-state index contributed by atoms with van der Waals surface area (Å²) in [5.74, 6) is 0.972. The van der Waals surface area contributed by atoms with E-state index >= 15 is 0 Å². The number of hydrogen-bond donors (Lipinski definition) is 3. The molecule has 0 unspecified atom stereocenters. The molecule has 0 radical (unpaired) electrons. The van der Waals surface area contributed by atoms with Crippen LogP contribution in [0.4, 0.5) is 11.8 Å². The zero-order chi connectivity index (χ0) is 23.1. The van der Waals surface area contributed by atoms with Crippen LogP contribution in [0.2, 0.25) is 0 Å². The van der Waals surface area contributed by atoms with Gasteiger partial charge in [0.25, 0.3) is 0 Å². The second-order valence-electron chi connectivity index (χ2n) is 9.81. The molecule has 0 saturated carbocycles. The van der Waals surface area contributed by atoms with E-state index in [4.69, 9.17) is 5.73 Å². The summed E-state index contributed by atoms with van der Waals surface area (Å²) in [5.41, 5.74) is 8.37. The van der Waals surface area contributed by atoms with Gasteiger partial charge in [0, 0.05) is 35.3 Å². The molecule has 0 amide bonds. The predicted molar refractivity (Wildman–Crippen MR) is 125 cm³/mol. The van der Waals surface area contributed by atoms with Crippen molar-refractivity contribution in [2.24, 2.45) is 0 Å². The normalized spacial score (nSPS) is 17.8. The van der Waals surface area contributed by atoms with Gasteiger partial charge in [-0.1, -0.05) is 6.07 Å². The molecule has 3 aromatic rings. The van der Waals surface area contributed by atoms with E-state index in [0.717, 1.165) is 24.0 Å². The topological polar surface area (TPSA) is 126 Å². The fourth-order valence-corrected chi connectivity index (χ4v) is 4.73. The number of rotatable bonds is 4. The summed E-state index contributed by atoms with van der Waals surface area (Å²) in [6.45, 7) is 8.89. The highest BCUT2D eigenvalue weighted by Gasteiger charge is 2.39. The van der Waals surface area contributed by atoms with E-state index in [1.807, 2.05) is 13.1 Å². The standard InChI is InChI=1S/C23H30N8O/c1-22(2)10-16(11-23(3,4)30-22)31(5)21-25-13-18(27-29-21)17-7-6-14(8-19(17)32)15-9-20(24)28-26-12-15/h6-9,12-13,16,30,32H,10-11H2,1-5H3,(H2,24,28). The molecular formula is C23H30N8O. The number of aromatic hydroxyl groups is 1. The number of anilines is 2. The Bertz CT molecular complexity index is 1100. The molecule has 0 spiro atoms. The van der Waals surface area contributed by atoms with Crippen molar-refractivity contribution in [1.82, 2.24) is 30.7 Å². The average molecular weight is 435 g/mol. The second-order valence-corrected chi connectivity index (χ2v) is 9.81. The molecule has 32 heavy (non-hydrogen) atoms. The Kier molecular flexibility index (Phi) is 5.46. The number of aromatic nitrogens is 5. The molecule has 3 heterocycles. The zero-order valence-electron chi connectivity index (χ0n) is 19.2. The smallest absolute Gasteiger partial charge is 0.245 e. The van der Waals surface area contributed by atoms with E-state index in [2.05, 4.69) is 63.3 Å². The van der Waals surface area contributed by atoms with Gasteiger partial charge in [0.05, 0.1) is 12.4 Å². The molecule has 168 valence electrons. The monoisotopic (exact) mass is 434 g/mol. The second kappa shape index (κ2) is 7.98. The van der Waals surface area contributed by atoms with Crippen LogP contribution >= 0.6 is 0 Å². The highest BCUT2D eigenvalue weighted by Crippen LogP contribution is 2.34. The molecule has 4 rings (SSSR count). The zero-order valence-corrected chi connectivity index (χ0v) is 19.2. The third kappa shape index (κ3) is 4.62. The lowest BCUT2D eigenvalue weighted by atomic mass is 9.79. The van der Waals surface area contributed by atoms with Crippen molar-refractivity contribution in [3.8, 4) is 28.1 Å². The van der Waals surface area contributed by atoms with Gasteiger partial charge in [0.15, 0.2) is 0 Å². The van der Waals surface area contributed by atoms with Crippen LogP contribution in [0.1, 0.15) is 40.5 Å². The summed E-state index contributed by atoms with van der Waals surface area (Å²) in [6.07, 6.45) is 5.21. The third-order valence-electron chi connectivity index (χ3n) is 5.86. The summed E-state index contributed by atoms with van der Waals surface area (Å²) in [7, 11) is 2.01. The number of nitrogens with two attached hydrogens (primary N) is 1. The summed E-state index contributed by atoms with van der Waals surface area (Å²) < 4.78 is 0. The Morgan fingerprint density at radius 1 is 1.00 bits per heavy atom. The van der Waals surface area contributed by atoms with Gasteiger partial charge in [-0.15, -0.1) is 15.3 Å². The van der Waals surface area contributed by atoms with Crippen LogP contribution in [0.3, 0.4) is 0 Å². The molecule has 9 heteroatoms. The van der Waals surface area contributed by atoms with Gasteiger partial charge < -0.3 is 21.1 Å². The number of nitrogens with one attached hydrogen (secondary N) is 1. The fourth-order valence-electron chi connectivity index (χ4n) is 4.73. The Balaban J connectivity index is 1.55. The van der Waals surface area contributed by atoms with Crippen molar-refractivity contribution in [2.75, 3.05) is 17.7 Å². The number of phenolic OH excluding ortho intramolecular Hbond substituents is 1. The van der Waals surface area contributed by atoms with Gasteiger partial charge in [-0.3, -0.25) is 0 Å². The van der Waals surface area contributed by atoms with Crippen LogP contribution in [-0.2, 0) is 0 Å². The maximum absolute atomic E-state index is 10.6. The van der Waals surface area contributed by atoms with Gasteiger partial charge in [0.2, 0.25) is 5.95 Å². The molecule has 1 aromatic carbocycles. The first kappa shape index (κ1) is 21.9. The van der Waals surface area contributed by atoms with E-state index in [0.29, 0.717) is 29.1 Å². The Morgan fingerprint density at radius 3 is 2.31 bits per heavy atom. The largest absolute Gasteiger partial charge is 0.507 e. The summed E-state index contributed by atoms with van der Waals surface area (Å²) in [5, 5.41) is 30.6. The average Bonchev–Trinajstić information content (AvgIpc) is 2.71. The van der Waals surface area contributed by atoms with Crippen LogP contribution in [0.5, 0.6) is 5.75 Å². The minimum absolute atomic E-state index is 0.0244. The van der Waals surface area contributed by atoms with Crippen LogP contribution in [0.15, 0.2) is 36.7 Å². The first-order chi connectivity index (χ1) is 15.0. The van der Waals surface area contributed by atoms with Gasteiger partial charge in [-0.05, 0) is 64.3 Å². The van der Waals surface area contributed by atoms with Crippen molar-refractivity contribution in [3.05, 3.63) is 36.7 Å². The van der Waals surface area contributed by atoms with E-state index < -0.39 is 0 Å². The summed E-state index contributed by atoms with van der Waals surface area (Å²) in [6, 6.07) is 7.30. The SMILES string of the molecule is CN(c1ncc(-c2ccc(-c3cnnc(N)c3)cc2O)nn1)C1CC(C)(C)NC(C)(C)C1. The fraction of sp³-hybridized carbons (Fsp3) is 0.435. The highest BCUT2D eigenvalue weighted by atomic mass is 16.3. The quantitative estimate of drug-likeness (QED) is 0.568. The first-order valence-corrected chi connectivity index (χ1v) is 10.7. The van der Waals surface area contributed by atoms with Crippen LogP contribution < -0.4 is 16.0 Å². The Morgan fingerprint density at radius 2 is 1.72 bits per heavy atom. The predicted octanol–water partition coefficient (Wildman–Crippen LogP) is 3.03. The molecule has 4 N–H and O–H groups in total. The number of nitrogen functional groups attached to an aromatic ring is 1. The van der Waals surface area contributed by atoms with Crippen LogP contribution in [0, 0.1) is 0 Å². The number of nitrogens with zero attached hydrogens (tertiary/aromatic N) is 6. The van der Waals surface area contributed by atoms with Crippen molar-refractivity contribution in [1.29, 1.82) is 0 Å². The van der Waals surface area contributed by atoms with E-state index in [1.54, 1.807) is 30.6 Å². The van der Waals surface area contributed by atoms with Gasteiger partial charge in [-0.2, -0.15) is 5.10 Å². The van der Waals surface area contributed by atoms with E-state index in [1.165, 1.54) is 0 Å². The van der Waals surface area contributed by atoms with Gasteiger partial charge in [0.1, 0.15) is 17.3 Å². The number of hydrogen-bond acceptors (Lipinski definition) is 9. The molecule has 1 fully saturated rings. The number of piperidine rings is 1. The molecule has 1 saturated heterocycles. The third-order valence-corrected chi connectivity index (χ3v) is 5.86. The molecule has 0 aliphatic carbocycles. The van der Waals surface area contributed by atoms with Gasteiger partial charge >= 0.3 is 0 Å². The maximum Gasteiger partial charge on any atom is 0.245 e. The van der Waals surface area contributed by atoms with Crippen molar-refractivity contribution >= 4 is 11.8 Å². The molecule has 9 nitrogen and oxygen atoms in total. The first-order valence-electron chi connectivity index (χ1n) is 10.7. The van der Waals surface area contributed by atoms with Gasteiger partial charge in [-0.25, -0.2) is 4.98 Å². The lowest BCUT2D eigenvalue weighted by Crippen LogP contribution is -2.62. The lowest BCUT2D eigenvalue weighted by molar-refractivity contribution is 0.160. The molecule has 1 aliphatic heterocycles. The van der Waals surface area contributed by atoms with Crippen molar-refractivity contribution in [3.63, 3.8) is 0 Å². The molecular weight excluding hydrogens is 404 g/mol. The van der Waals surface area contributed by atoms with Crippen molar-refractivity contribution < 1.29 is 5.11 Å². The number of benzene rings is 1. The molecule has 2 aromatic heterocycles. The van der Waals surface area contributed by atoms with E-state index in [9.17, 15) is 5.11 Å². The molecule has 0 bridgehead atoms. The highest BCUT2D eigenvalue weighted by molar-refractivity contribution is 5.74.